The van der Waals surface area contributed by atoms with Crippen LogP contribution in [0.2, 0.25) is 0 Å². The lowest BCUT2D eigenvalue weighted by Crippen LogP contribution is -2.45. The predicted molar refractivity (Wildman–Crippen MR) is 306 cm³/mol. The Labute approximate surface area is 474 Å². The largest absolute Gasteiger partial charge is 0.481 e. The van der Waals surface area contributed by atoms with Crippen LogP contribution < -0.4 is 22.1 Å². The van der Waals surface area contributed by atoms with E-state index in [-0.39, 0.29) is 112 Å². The molecule has 2 atom stereocenters. The Morgan fingerprint density at radius 1 is 0.494 bits per heavy atom. The van der Waals surface area contributed by atoms with Crippen molar-refractivity contribution in [1.82, 2.24) is 10.6 Å². The van der Waals surface area contributed by atoms with E-state index < -0.39 is 35.2 Å². The van der Waals surface area contributed by atoms with Gasteiger partial charge in [0.05, 0.1) is 43.8 Å². The van der Waals surface area contributed by atoms with Crippen molar-refractivity contribution in [2.45, 2.75) is 251 Å². The molecule has 0 heterocycles. The first-order valence-corrected chi connectivity index (χ1v) is 30.2. The van der Waals surface area contributed by atoms with Gasteiger partial charge in [0.2, 0.25) is 5.91 Å². The maximum absolute atomic E-state index is 12.9. The molecule has 0 aromatic rings. The molecular weight excluding hydrogens is 1020 g/mol. The van der Waals surface area contributed by atoms with Gasteiger partial charge in [0, 0.05) is 76.9 Å². The maximum atomic E-state index is 12.9. The molecule has 0 aliphatic rings. The Morgan fingerprint density at radius 2 is 0.975 bits per heavy atom. The number of carbonyl (C=O) groups is 8. The lowest BCUT2D eigenvalue weighted by Gasteiger charge is -2.26. The van der Waals surface area contributed by atoms with E-state index in [1.165, 1.54) is 64.2 Å². The summed E-state index contributed by atoms with van der Waals surface area (Å²) in [5.41, 5.74) is 9.76. The number of aliphatic hydroxyl groups excluding tert-OH is 1. The second-order valence-electron chi connectivity index (χ2n) is 22.7. The molecule has 2 unspecified atom stereocenters. The van der Waals surface area contributed by atoms with Crippen molar-refractivity contribution in [3.05, 3.63) is 0 Å². The van der Waals surface area contributed by atoms with Crippen molar-refractivity contribution in [3.63, 3.8) is 0 Å². The van der Waals surface area contributed by atoms with E-state index >= 15 is 0 Å². The first-order chi connectivity index (χ1) is 37.7. The summed E-state index contributed by atoms with van der Waals surface area (Å²) in [7, 11) is 0. The van der Waals surface area contributed by atoms with Crippen LogP contribution in [0.15, 0.2) is 0 Å². The number of ketones is 6. The average Bonchev–Trinajstić information content (AvgIpc) is 3.40. The smallest absolute Gasteiger partial charge is 0.306 e. The molecule has 460 valence electrons. The molecular formula is C60H110N4O15. The van der Waals surface area contributed by atoms with Crippen LogP contribution in [0.4, 0.5) is 0 Å². The van der Waals surface area contributed by atoms with Gasteiger partial charge < -0.3 is 56.4 Å². The summed E-state index contributed by atoms with van der Waals surface area (Å²) in [6.45, 7) is 9.16. The normalized spacial score (nSPS) is 12.7. The lowest BCUT2D eigenvalue weighted by molar-refractivity contribution is -0.144. The third-order valence-electron chi connectivity index (χ3n) is 14.2. The standard InChI is InChI=1S/C60H110N4O15/c1-59(2,35-34-54(69)60(3,4)62)55(70)45-64-52(53(68)44-61)30-21-22-36-63-56(71)47-78-38-24-23-37-76-39-26-29-51(67)46-79-42-41-77-40-25-28-49(65)33-32-48(58(74)75)43-50(66)27-19-17-15-13-11-9-7-5-6-8-10-12-14-16-18-20-31-57(72)73/h48,52,57,64,72-73H,5-47,61-62H2,1-4H3,(H,63,71)(H,74,75). The van der Waals surface area contributed by atoms with E-state index in [9.17, 15) is 43.5 Å². The summed E-state index contributed by atoms with van der Waals surface area (Å²) in [6, 6.07) is -0.589. The van der Waals surface area contributed by atoms with Gasteiger partial charge in [0.15, 0.2) is 29.4 Å². The quantitative estimate of drug-likeness (QED) is 0.0226. The first kappa shape index (κ1) is 75.6. The molecule has 0 aliphatic heterocycles. The fourth-order valence-corrected chi connectivity index (χ4v) is 8.78. The van der Waals surface area contributed by atoms with Crippen LogP contribution in [-0.2, 0) is 57.3 Å². The van der Waals surface area contributed by atoms with Crippen LogP contribution in [-0.4, -0.2) is 152 Å². The topological polar surface area (TPSA) is 310 Å². The van der Waals surface area contributed by atoms with Gasteiger partial charge in [-0.05, 0) is 90.9 Å². The molecule has 0 bridgehead atoms. The summed E-state index contributed by atoms with van der Waals surface area (Å²) in [4.78, 5) is 98.7. The molecule has 0 spiro atoms. The molecule has 19 heteroatoms. The Morgan fingerprint density at radius 3 is 1.53 bits per heavy atom. The molecule has 0 aromatic heterocycles. The second-order valence-corrected chi connectivity index (χ2v) is 22.7. The number of nitrogens with one attached hydrogen (secondary N) is 2. The molecule has 0 rings (SSSR count). The van der Waals surface area contributed by atoms with Gasteiger partial charge in [-0.3, -0.25) is 38.4 Å². The highest BCUT2D eigenvalue weighted by atomic mass is 16.5. The average molecular weight is 1130 g/mol. The first-order valence-electron chi connectivity index (χ1n) is 30.2. The number of rotatable bonds is 60. The fraction of sp³-hybridized carbons (Fsp3) is 0.867. The summed E-state index contributed by atoms with van der Waals surface area (Å²) >= 11 is 0. The van der Waals surface area contributed by atoms with Crippen molar-refractivity contribution in [2.24, 2.45) is 22.8 Å². The van der Waals surface area contributed by atoms with Crippen molar-refractivity contribution in [1.29, 1.82) is 0 Å². The molecule has 0 radical (unpaired) electrons. The number of ether oxygens (including phenoxy) is 4. The monoisotopic (exact) mass is 1130 g/mol. The van der Waals surface area contributed by atoms with Crippen molar-refractivity contribution in [3.8, 4) is 0 Å². The third kappa shape index (κ3) is 46.9. The van der Waals surface area contributed by atoms with E-state index in [0.29, 0.717) is 97.2 Å². The van der Waals surface area contributed by atoms with E-state index in [2.05, 4.69) is 10.6 Å². The number of aliphatic carboxylic acids is 1. The van der Waals surface area contributed by atoms with Gasteiger partial charge in [0.1, 0.15) is 24.8 Å². The Bertz CT molecular complexity index is 1650. The lowest BCUT2D eigenvalue weighted by atomic mass is 9.80. The summed E-state index contributed by atoms with van der Waals surface area (Å²) in [6.07, 6.45) is 23.7. The van der Waals surface area contributed by atoms with Gasteiger partial charge in [-0.25, -0.2) is 0 Å². The number of amides is 1. The minimum Gasteiger partial charge on any atom is -0.481 e. The van der Waals surface area contributed by atoms with Crippen LogP contribution in [0.5, 0.6) is 0 Å². The highest BCUT2D eigenvalue weighted by molar-refractivity contribution is 5.91. The molecule has 79 heavy (non-hydrogen) atoms. The minimum atomic E-state index is -1.17. The molecule has 19 nitrogen and oxygen atoms in total. The van der Waals surface area contributed by atoms with Crippen LogP contribution in [0.3, 0.4) is 0 Å². The van der Waals surface area contributed by atoms with Crippen LogP contribution in [0, 0.1) is 11.3 Å². The molecule has 0 fully saturated rings. The van der Waals surface area contributed by atoms with Crippen molar-refractivity contribution < 1.29 is 72.6 Å². The Balaban J connectivity index is 3.79. The highest BCUT2D eigenvalue weighted by Crippen LogP contribution is 2.25. The number of hydrogen-bond acceptors (Lipinski definition) is 17. The number of carbonyl (C=O) groups excluding carboxylic acids is 7. The van der Waals surface area contributed by atoms with E-state index in [1.54, 1.807) is 27.7 Å². The zero-order valence-corrected chi connectivity index (χ0v) is 49.5. The van der Waals surface area contributed by atoms with Crippen LogP contribution in [0.25, 0.3) is 0 Å². The summed E-state index contributed by atoms with van der Waals surface area (Å²) < 4.78 is 22.0. The minimum absolute atomic E-state index is 0.0239. The van der Waals surface area contributed by atoms with Gasteiger partial charge in [-0.2, -0.15) is 0 Å². The van der Waals surface area contributed by atoms with Crippen molar-refractivity contribution in [2.75, 3.05) is 72.5 Å². The zero-order chi connectivity index (χ0) is 59.0. The number of nitrogens with two attached hydrogens (primary N) is 2. The van der Waals surface area contributed by atoms with Crippen LogP contribution in [0.1, 0.15) is 233 Å². The van der Waals surface area contributed by atoms with E-state index in [0.717, 1.165) is 44.9 Å². The van der Waals surface area contributed by atoms with Gasteiger partial charge >= 0.3 is 5.97 Å². The van der Waals surface area contributed by atoms with Crippen LogP contribution >= 0.6 is 0 Å². The van der Waals surface area contributed by atoms with E-state index in [4.69, 9.17) is 40.6 Å². The van der Waals surface area contributed by atoms with E-state index in [1.807, 2.05) is 0 Å². The zero-order valence-electron chi connectivity index (χ0n) is 49.5. The number of carboxylic acids is 1. The summed E-state index contributed by atoms with van der Waals surface area (Å²) in [5, 5.41) is 33.3. The SMILES string of the molecule is CC(C)(N)C(=O)CCC(C)(C)C(=O)CNC(CCCCNC(=O)COCCCCOCCCC(=O)COCCOCCCC(=O)CCC(CC(=O)CCCCCCCCCCCCCCCCCCC(O)O)C(=O)O)C(=O)CN. The predicted octanol–water partition coefficient (Wildman–Crippen LogP) is 7.76. The molecule has 9 N–H and O–H groups in total. The Kier molecular flexibility index (Phi) is 47.1. The maximum Gasteiger partial charge on any atom is 0.306 e. The van der Waals surface area contributed by atoms with Crippen molar-refractivity contribution >= 4 is 46.6 Å². The Hall–Kier alpha value is -3.40. The highest BCUT2D eigenvalue weighted by Gasteiger charge is 2.31. The molecule has 0 saturated carbocycles. The molecule has 0 aromatic carbocycles. The summed E-state index contributed by atoms with van der Waals surface area (Å²) in [5.74, 6) is -2.71. The van der Waals surface area contributed by atoms with Gasteiger partial charge in [-0.1, -0.05) is 104 Å². The third-order valence-corrected chi connectivity index (χ3v) is 14.2. The second kappa shape index (κ2) is 49.2. The number of Topliss-reactive ketones (excluding diaryl/α,β-unsaturated/α-hetero) is 6. The van der Waals surface area contributed by atoms with Gasteiger partial charge in [0.25, 0.3) is 0 Å². The van der Waals surface area contributed by atoms with Gasteiger partial charge in [-0.15, -0.1) is 0 Å². The number of unbranched alkanes of at least 4 members (excludes halogenated alkanes) is 17. The fourth-order valence-electron chi connectivity index (χ4n) is 8.78. The number of hydrogen-bond donors (Lipinski definition) is 7. The molecule has 0 saturated heterocycles. The molecule has 0 aliphatic carbocycles. The molecule has 1 amide bonds. The number of aliphatic hydroxyl groups is 2. The number of carboxylic acid groups (broad SMARTS) is 1.